The number of esters is 1. The van der Waals surface area contributed by atoms with Gasteiger partial charge >= 0.3 is 5.97 Å². The molecule has 0 aliphatic rings. The lowest BCUT2D eigenvalue weighted by Crippen LogP contribution is -2.16. The SMILES string of the molecule is CCn1c(SCC(=O)Nc2cccc(C(=O)OC(C)C)c2)nnc1-c1ccc(Cl)cc1. The number of carbonyl (C=O) groups is 2. The van der Waals surface area contributed by atoms with Gasteiger partial charge in [-0.15, -0.1) is 10.2 Å². The molecule has 3 rings (SSSR count). The first-order chi connectivity index (χ1) is 14.9. The average molecular weight is 459 g/mol. The molecule has 0 bridgehead atoms. The Morgan fingerprint density at radius 3 is 2.58 bits per heavy atom. The predicted octanol–water partition coefficient (Wildman–Crippen LogP) is 4.91. The molecule has 0 unspecified atom stereocenters. The fraction of sp³-hybridized carbons (Fsp3) is 0.273. The lowest BCUT2D eigenvalue weighted by molar-refractivity contribution is -0.113. The number of halogens is 1. The third-order valence-electron chi connectivity index (χ3n) is 4.19. The van der Waals surface area contributed by atoms with Crippen molar-refractivity contribution in [3.63, 3.8) is 0 Å². The van der Waals surface area contributed by atoms with Crippen molar-refractivity contribution in [2.24, 2.45) is 0 Å². The molecule has 31 heavy (non-hydrogen) atoms. The van der Waals surface area contributed by atoms with Gasteiger partial charge in [0.25, 0.3) is 0 Å². The van der Waals surface area contributed by atoms with E-state index >= 15 is 0 Å². The summed E-state index contributed by atoms with van der Waals surface area (Å²) in [5.41, 5.74) is 1.82. The molecule has 162 valence electrons. The van der Waals surface area contributed by atoms with Crippen LogP contribution in [-0.2, 0) is 16.1 Å². The molecule has 1 amide bonds. The quantitative estimate of drug-likeness (QED) is 0.381. The summed E-state index contributed by atoms with van der Waals surface area (Å²) >= 11 is 7.26. The highest BCUT2D eigenvalue weighted by Crippen LogP contribution is 2.25. The summed E-state index contributed by atoms with van der Waals surface area (Å²) in [5.74, 6) is 0.238. The predicted molar refractivity (Wildman–Crippen MR) is 122 cm³/mol. The Hall–Kier alpha value is -2.84. The van der Waals surface area contributed by atoms with Crippen molar-refractivity contribution in [1.29, 1.82) is 0 Å². The number of hydrogen-bond donors (Lipinski definition) is 1. The monoisotopic (exact) mass is 458 g/mol. The molecule has 0 spiro atoms. The molecule has 7 nitrogen and oxygen atoms in total. The number of carbonyl (C=O) groups excluding carboxylic acids is 2. The van der Waals surface area contributed by atoms with E-state index in [0.717, 1.165) is 11.4 Å². The zero-order valence-electron chi connectivity index (χ0n) is 17.5. The van der Waals surface area contributed by atoms with Gasteiger partial charge in [-0.1, -0.05) is 29.4 Å². The van der Waals surface area contributed by atoms with E-state index in [4.69, 9.17) is 16.3 Å². The van der Waals surface area contributed by atoms with Crippen LogP contribution in [0.5, 0.6) is 0 Å². The van der Waals surface area contributed by atoms with E-state index < -0.39 is 5.97 Å². The number of nitrogens with zero attached hydrogens (tertiary/aromatic N) is 3. The van der Waals surface area contributed by atoms with E-state index in [1.54, 1.807) is 50.2 Å². The van der Waals surface area contributed by atoms with E-state index in [1.807, 2.05) is 23.6 Å². The van der Waals surface area contributed by atoms with Crippen LogP contribution in [-0.4, -0.2) is 38.5 Å². The van der Waals surface area contributed by atoms with Crippen molar-refractivity contribution < 1.29 is 14.3 Å². The van der Waals surface area contributed by atoms with Crippen molar-refractivity contribution in [1.82, 2.24) is 14.8 Å². The van der Waals surface area contributed by atoms with Crippen LogP contribution < -0.4 is 5.32 Å². The van der Waals surface area contributed by atoms with Crippen LogP contribution in [0.25, 0.3) is 11.4 Å². The second kappa shape index (κ2) is 10.5. The third kappa shape index (κ3) is 6.08. The number of nitrogens with one attached hydrogen (secondary N) is 1. The molecule has 0 aliphatic carbocycles. The van der Waals surface area contributed by atoms with Crippen molar-refractivity contribution in [3.8, 4) is 11.4 Å². The zero-order chi connectivity index (χ0) is 22.4. The molecule has 9 heteroatoms. The molecule has 2 aromatic carbocycles. The van der Waals surface area contributed by atoms with Crippen LogP contribution in [0, 0.1) is 0 Å². The van der Waals surface area contributed by atoms with Crippen molar-refractivity contribution >= 4 is 40.9 Å². The van der Waals surface area contributed by atoms with Gasteiger partial charge in [-0.05, 0) is 63.2 Å². The highest BCUT2D eigenvalue weighted by atomic mass is 35.5. The van der Waals surface area contributed by atoms with E-state index in [9.17, 15) is 9.59 Å². The lowest BCUT2D eigenvalue weighted by atomic mass is 10.2. The number of benzene rings is 2. The third-order valence-corrected chi connectivity index (χ3v) is 5.41. The second-order valence-corrected chi connectivity index (χ2v) is 8.31. The molecule has 1 N–H and O–H groups in total. The second-order valence-electron chi connectivity index (χ2n) is 6.93. The van der Waals surface area contributed by atoms with Crippen LogP contribution >= 0.6 is 23.4 Å². The van der Waals surface area contributed by atoms with Crippen molar-refractivity contribution in [3.05, 3.63) is 59.1 Å². The first kappa shape index (κ1) is 22.8. The minimum absolute atomic E-state index is 0.152. The maximum Gasteiger partial charge on any atom is 0.338 e. The molecule has 0 atom stereocenters. The van der Waals surface area contributed by atoms with Crippen LogP contribution in [0.3, 0.4) is 0 Å². The fourth-order valence-corrected chi connectivity index (χ4v) is 3.75. The van der Waals surface area contributed by atoms with Gasteiger partial charge in [0.05, 0.1) is 17.4 Å². The van der Waals surface area contributed by atoms with Crippen LogP contribution in [0.4, 0.5) is 5.69 Å². The number of amides is 1. The molecule has 0 fully saturated rings. The molecule has 3 aromatic rings. The highest BCUT2D eigenvalue weighted by Gasteiger charge is 2.15. The molecule has 1 heterocycles. The number of ether oxygens (including phenoxy) is 1. The molecule has 0 saturated carbocycles. The van der Waals surface area contributed by atoms with E-state index in [2.05, 4.69) is 15.5 Å². The summed E-state index contributed by atoms with van der Waals surface area (Å²) < 4.78 is 7.14. The van der Waals surface area contributed by atoms with Gasteiger partial charge in [0.15, 0.2) is 11.0 Å². The van der Waals surface area contributed by atoms with Gasteiger partial charge in [0.1, 0.15) is 0 Å². The molecule has 0 radical (unpaired) electrons. The smallest absolute Gasteiger partial charge is 0.338 e. The van der Waals surface area contributed by atoms with Gasteiger partial charge in [0.2, 0.25) is 5.91 Å². The Kier molecular flexibility index (Phi) is 7.70. The maximum atomic E-state index is 12.4. The number of aromatic nitrogens is 3. The summed E-state index contributed by atoms with van der Waals surface area (Å²) in [7, 11) is 0. The number of hydrogen-bond acceptors (Lipinski definition) is 6. The van der Waals surface area contributed by atoms with Gasteiger partial charge in [-0.3, -0.25) is 4.79 Å². The number of anilines is 1. The van der Waals surface area contributed by atoms with Crippen molar-refractivity contribution in [2.75, 3.05) is 11.1 Å². The lowest BCUT2D eigenvalue weighted by Gasteiger charge is -2.10. The number of thioether (sulfide) groups is 1. The minimum atomic E-state index is -0.425. The topological polar surface area (TPSA) is 86.1 Å². The standard InChI is InChI=1S/C22H23ClN4O3S/c1-4-27-20(15-8-10-17(23)11-9-15)25-26-22(27)31-13-19(28)24-18-7-5-6-16(12-18)21(29)30-14(2)3/h5-12,14H,4,13H2,1-3H3,(H,24,28). The average Bonchev–Trinajstić information content (AvgIpc) is 3.15. The maximum absolute atomic E-state index is 12.4. The summed E-state index contributed by atoms with van der Waals surface area (Å²) in [6.07, 6.45) is -0.212. The molecule has 0 aliphatic heterocycles. The Morgan fingerprint density at radius 2 is 1.90 bits per heavy atom. The summed E-state index contributed by atoms with van der Waals surface area (Å²) in [5, 5.41) is 12.6. The zero-order valence-corrected chi connectivity index (χ0v) is 19.0. The minimum Gasteiger partial charge on any atom is -0.459 e. The highest BCUT2D eigenvalue weighted by molar-refractivity contribution is 7.99. The van der Waals surface area contributed by atoms with Gasteiger partial charge < -0.3 is 14.6 Å². The summed E-state index contributed by atoms with van der Waals surface area (Å²) in [6.45, 7) is 6.23. The molecule has 1 aromatic heterocycles. The largest absolute Gasteiger partial charge is 0.459 e. The fourth-order valence-electron chi connectivity index (χ4n) is 2.83. The first-order valence-electron chi connectivity index (χ1n) is 9.80. The Labute approximate surface area is 190 Å². The Balaban J connectivity index is 1.64. The number of rotatable bonds is 8. The molecule has 0 saturated heterocycles. The van der Waals surface area contributed by atoms with Crippen molar-refractivity contribution in [2.45, 2.75) is 38.6 Å². The van der Waals surface area contributed by atoms with E-state index in [1.165, 1.54) is 11.8 Å². The Morgan fingerprint density at radius 1 is 1.16 bits per heavy atom. The van der Waals surface area contributed by atoms with Gasteiger partial charge in [-0.25, -0.2) is 4.79 Å². The van der Waals surface area contributed by atoms with E-state index in [0.29, 0.717) is 28.0 Å². The van der Waals surface area contributed by atoms with Crippen LogP contribution in [0.1, 0.15) is 31.1 Å². The van der Waals surface area contributed by atoms with Gasteiger partial charge in [0, 0.05) is 22.8 Å². The van der Waals surface area contributed by atoms with Crippen LogP contribution in [0.2, 0.25) is 5.02 Å². The Bertz CT molecular complexity index is 1070. The summed E-state index contributed by atoms with van der Waals surface area (Å²) in [6, 6.07) is 14.0. The van der Waals surface area contributed by atoms with Gasteiger partial charge in [-0.2, -0.15) is 0 Å². The first-order valence-corrected chi connectivity index (χ1v) is 11.2. The molecular weight excluding hydrogens is 436 g/mol. The molecular formula is C22H23ClN4O3S. The van der Waals surface area contributed by atoms with E-state index in [-0.39, 0.29) is 17.8 Å². The summed E-state index contributed by atoms with van der Waals surface area (Å²) in [4.78, 5) is 24.5. The van der Waals surface area contributed by atoms with Crippen LogP contribution in [0.15, 0.2) is 53.7 Å². The normalized spacial score (nSPS) is 10.9.